The Bertz CT molecular complexity index is 271. The van der Waals surface area contributed by atoms with Gasteiger partial charge in [0, 0.05) is 58.9 Å². The quantitative estimate of drug-likeness (QED) is 0.733. The van der Waals surface area contributed by atoms with Gasteiger partial charge in [-0.1, -0.05) is 6.92 Å². The first-order valence-electron chi connectivity index (χ1n) is 6.30. The van der Waals surface area contributed by atoms with E-state index in [0.29, 0.717) is 18.2 Å². The SMILES string of the molecule is CCC(C1N(C)C=CN1C)C1N(C)C=CN1C. The Kier molecular flexibility index (Phi) is 3.22. The fourth-order valence-electron chi connectivity index (χ4n) is 3.13. The van der Waals surface area contributed by atoms with Crippen LogP contribution in [0.4, 0.5) is 0 Å². The highest BCUT2D eigenvalue weighted by molar-refractivity contribution is 5.03. The number of hydrogen-bond acceptors (Lipinski definition) is 4. The van der Waals surface area contributed by atoms with Gasteiger partial charge in [-0.3, -0.25) is 0 Å². The molecule has 0 N–H and O–H groups in total. The fourth-order valence-corrected chi connectivity index (χ4v) is 3.13. The summed E-state index contributed by atoms with van der Waals surface area (Å²) in [5, 5.41) is 0. The largest absolute Gasteiger partial charge is 0.359 e. The van der Waals surface area contributed by atoms with Crippen molar-refractivity contribution >= 4 is 0 Å². The Labute approximate surface area is 105 Å². The lowest BCUT2D eigenvalue weighted by Crippen LogP contribution is -2.52. The topological polar surface area (TPSA) is 13.0 Å². The molecule has 0 aromatic carbocycles. The monoisotopic (exact) mass is 236 g/mol. The zero-order valence-corrected chi connectivity index (χ0v) is 11.5. The lowest BCUT2D eigenvalue weighted by Gasteiger charge is -2.42. The summed E-state index contributed by atoms with van der Waals surface area (Å²) in [5.41, 5.74) is 0. The standard InChI is InChI=1S/C13H24N4/c1-6-11(12-14(2)7-8-15(12)3)13-16(4)9-10-17(13)5/h7-13H,6H2,1-5H3. The van der Waals surface area contributed by atoms with Crippen LogP contribution >= 0.6 is 0 Å². The molecule has 96 valence electrons. The van der Waals surface area contributed by atoms with E-state index < -0.39 is 0 Å². The second-order valence-corrected chi connectivity index (χ2v) is 5.16. The van der Waals surface area contributed by atoms with Crippen LogP contribution in [-0.4, -0.2) is 60.1 Å². The van der Waals surface area contributed by atoms with E-state index in [1.54, 1.807) is 0 Å². The van der Waals surface area contributed by atoms with Gasteiger partial charge in [0.05, 0.1) is 0 Å². The number of hydrogen-bond donors (Lipinski definition) is 0. The van der Waals surface area contributed by atoms with Crippen molar-refractivity contribution in [1.29, 1.82) is 0 Å². The van der Waals surface area contributed by atoms with Crippen molar-refractivity contribution in [2.45, 2.75) is 25.7 Å². The molecule has 0 unspecified atom stereocenters. The Balaban J connectivity index is 2.16. The summed E-state index contributed by atoms with van der Waals surface area (Å²) >= 11 is 0. The molecule has 2 heterocycles. The third-order valence-corrected chi connectivity index (χ3v) is 3.98. The Hall–Kier alpha value is -1.32. The van der Waals surface area contributed by atoms with Gasteiger partial charge in [-0.15, -0.1) is 0 Å². The van der Waals surface area contributed by atoms with Gasteiger partial charge < -0.3 is 19.6 Å². The molecule has 0 bridgehead atoms. The van der Waals surface area contributed by atoms with Crippen molar-refractivity contribution < 1.29 is 0 Å². The third kappa shape index (κ3) is 1.96. The summed E-state index contributed by atoms with van der Waals surface area (Å²) in [7, 11) is 8.65. The maximum absolute atomic E-state index is 2.31. The maximum atomic E-state index is 2.31. The first-order chi connectivity index (χ1) is 8.06. The summed E-state index contributed by atoms with van der Waals surface area (Å²) in [5.74, 6) is 0.588. The second kappa shape index (κ2) is 4.51. The number of nitrogens with zero attached hydrogens (tertiary/aromatic N) is 4. The summed E-state index contributed by atoms with van der Waals surface area (Å²) in [6, 6.07) is 0. The smallest absolute Gasteiger partial charge is 0.107 e. The van der Waals surface area contributed by atoms with Gasteiger partial charge in [0.25, 0.3) is 0 Å². The van der Waals surface area contributed by atoms with Crippen molar-refractivity contribution in [2.24, 2.45) is 5.92 Å². The Morgan fingerprint density at radius 2 is 1.06 bits per heavy atom. The van der Waals surface area contributed by atoms with Gasteiger partial charge in [-0.2, -0.15) is 0 Å². The van der Waals surface area contributed by atoms with E-state index in [0.717, 1.165) is 0 Å². The molecular formula is C13H24N4. The minimum absolute atomic E-state index is 0.454. The lowest BCUT2D eigenvalue weighted by molar-refractivity contribution is 0.0303. The van der Waals surface area contributed by atoms with Crippen LogP contribution < -0.4 is 0 Å². The first kappa shape index (κ1) is 12.1. The zero-order valence-electron chi connectivity index (χ0n) is 11.5. The van der Waals surface area contributed by atoms with Crippen LogP contribution in [0.3, 0.4) is 0 Å². The molecule has 0 aromatic rings. The molecule has 4 nitrogen and oxygen atoms in total. The van der Waals surface area contributed by atoms with Crippen LogP contribution in [0, 0.1) is 5.92 Å². The van der Waals surface area contributed by atoms with E-state index >= 15 is 0 Å². The molecule has 0 radical (unpaired) electrons. The molecule has 0 atom stereocenters. The molecule has 0 saturated heterocycles. The van der Waals surface area contributed by atoms with Crippen molar-refractivity contribution in [3.63, 3.8) is 0 Å². The maximum Gasteiger partial charge on any atom is 0.107 e. The van der Waals surface area contributed by atoms with Crippen molar-refractivity contribution in [3.05, 3.63) is 24.8 Å². The normalized spacial score (nSPS) is 21.8. The molecule has 0 saturated carbocycles. The predicted molar refractivity (Wildman–Crippen MR) is 70.7 cm³/mol. The van der Waals surface area contributed by atoms with Crippen LogP contribution in [0.5, 0.6) is 0 Å². The molecule has 2 rings (SSSR count). The molecule has 0 aromatic heterocycles. The van der Waals surface area contributed by atoms with Gasteiger partial charge in [0.2, 0.25) is 0 Å². The highest BCUT2D eigenvalue weighted by Gasteiger charge is 2.38. The molecule has 0 fully saturated rings. The minimum Gasteiger partial charge on any atom is -0.359 e. The summed E-state index contributed by atoms with van der Waals surface area (Å²) in [6.45, 7) is 2.28. The van der Waals surface area contributed by atoms with Crippen molar-refractivity contribution in [3.8, 4) is 0 Å². The molecule has 17 heavy (non-hydrogen) atoms. The highest BCUT2D eigenvalue weighted by Crippen LogP contribution is 2.30. The van der Waals surface area contributed by atoms with Crippen LogP contribution in [0.25, 0.3) is 0 Å². The van der Waals surface area contributed by atoms with Crippen LogP contribution in [-0.2, 0) is 0 Å². The van der Waals surface area contributed by atoms with Crippen molar-refractivity contribution in [2.75, 3.05) is 28.2 Å². The highest BCUT2D eigenvalue weighted by atomic mass is 15.4. The van der Waals surface area contributed by atoms with E-state index in [1.807, 2.05) is 0 Å². The molecule has 2 aliphatic heterocycles. The van der Waals surface area contributed by atoms with E-state index in [1.165, 1.54) is 6.42 Å². The number of rotatable bonds is 3. The van der Waals surface area contributed by atoms with E-state index in [-0.39, 0.29) is 0 Å². The second-order valence-electron chi connectivity index (χ2n) is 5.16. The zero-order chi connectivity index (χ0) is 12.6. The van der Waals surface area contributed by atoms with Gasteiger partial charge in [-0.25, -0.2) is 0 Å². The van der Waals surface area contributed by atoms with Gasteiger partial charge in [0.1, 0.15) is 12.3 Å². The molecule has 0 aliphatic carbocycles. The van der Waals surface area contributed by atoms with E-state index in [2.05, 4.69) is 79.5 Å². The van der Waals surface area contributed by atoms with Crippen molar-refractivity contribution in [1.82, 2.24) is 19.6 Å². The summed E-state index contributed by atoms with van der Waals surface area (Å²) in [6.07, 6.45) is 10.7. The van der Waals surface area contributed by atoms with Gasteiger partial charge in [-0.05, 0) is 6.42 Å². The summed E-state index contributed by atoms with van der Waals surface area (Å²) in [4.78, 5) is 9.25. The average molecular weight is 236 g/mol. The van der Waals surface area contributed by atoms with Crippen LogP contribution in [0.2, 0.25) is 0 Å². The van der Waals surface area contributed by atoms with E-state index in [9.17, 15) is 0 Å². The Morgan fingerprint density at radius 3 is 1.29 bits per heavy atom. The lowest BCUT2D eigenvalue weighted by atomic mass is 9.96. The summed E-state index contributed by atoms with van der Waals surface area (Å²) < 4.78 is 0. The van der Waals surface area contributed by atoms with Gasteiger partial charge in [0.15, 0.2) is 0 Å². The third-order valence-electron chi connectivity index (χ3n) is 3.98. The average Bonchev–Trinajstić information content (AvgIpc) is 2.78. The first-order valence-corrected chi connectivity index (χ1v) is 6.30. The van der Waals surface area contributed by atoms with Crippen LogP contribution in [0.15, 0.2) is 24.8 Å². The van der Waals surface area contributed by atoms with Crippen LogP contribution in [0.1, 0.15) is 13.3 Å². The molecular weight excluding hydrogens is 212 g/mol. The molecule has 4 heteroatoms. The predicted octanol–water partition coefficient (Wildman–Crippen LogP) is 1.36. The van der Waals surface area contributed by atoms with E-state index in [4.69, 9.17) is 0 Å². The minimum atomic E-state index is 0.454. The molecule has 2 aliphatic rings. The molecule has 0 spiro atoms. The Morgan fingerprint density at radius 1 is 0.765 bits per heavy atom. The van der Waals surface area contributed by atoms with Gasteiger partial charge >= 0.3 is 0 Å². The molecule has 0 amide bonds. The fraction of sp³-hybridized carbons (Fsp3) is 0.692.